The fourth-order valence-corrected chi connectivity index (χ4v) is 4.60. The Hall–Kier alpha value is -2.34. The molecule has 1 aromatic rings. The highest BCUT2D eigenvalue weighted by Gasteiger charge is 2.59. The van der Waals surface area contributed by atoms with Crippen LogP contribution in [0.4, 0.5) is 0 Å². The standard InChI is InChI=1S/C21H23ClN2O4/c1-4-11(2)28-19-15(22)7-12(8-16(19)27-3)10-23-24-20(25)17-13-5-6-14(9-13)18(17)21(24)26/h5-8,10-11,13-14,17-18H,4,9H2,1-3H3. The van der Waals surface area contributed by atoms with Crippen LogP contribution in [0.3, 0.4) is 0 Å². The topological polar surface area (TPSA) is 68.2 Å². The highest BCUT2D eigenvalue weighted by molar-refractivity contribution is 6.32. The number of carbonyl (C=O) groups excluding carboxylic acids is 2. The number of hydrogen-bond donors (Lipinski definition) is 0. The first kappa shape index (κ1) is 19.0. The number of allylic oxidation sites excluding steroid dienone is 2. The molecule has 148 valence electrons. The summed E-state index contributed by atoms with van der Waals surface area (Å²) in [6, 6.07) is 3.41. The van der Waals surface area contributed by atoms with Gasteiger partial charge in [-0.2, -0.15) is 10.1 Å². The van der Waals surface area contributed by atoms with Gasteiger partial charge < -0.3 is 9.47 Å². The quantitative estimate of drug-likeness (QED) is 0.413. The van der Waals surface area contributed by atoms with Crippen molar-refractivity contribution in [2.75, 3.05) is 7.11 Å². The van der Waals surface area contributed by atoms with Gasteiger partial charge in [0.1, 0.15) is 0 Å². The smallest absolute Gasteiger partial charge is 0.254 e. The third-order valence-electron chi connectivity index (χ3n) is 5.92. The van der Waals surface area contributed by atoms with E-state index in [2.05, 4.69) is 17.3 Å². The van der Waals surface area contributed by atoms with Crippen molar-refractivity contribution in [3.05, 3.63) is 34.9 Å². The van der Waals surface area contributed by atoms with Gasteiger partial charge in [0.25, 0.3) is 11.8 Å². The third-order valence-corrected chi connectivity index (χ3v) is 6.20. The van der Waals surface area contributed by atoms with Gasteiger partial charge in [-0.3, -0.25) is 9.59 Å². The van der Waals surface area contributed by atoms with E-state index in [1.165, 1.54) is 13.3 Å². The van der Waals surface area contributed by atoms with Gasteiger partial charge >= 0.3 is 0 Å². The normalized spacial score (nSPS) is 29.1. The van der Waals surface area contributed by atoms with Gasteiger partial charge in [-0.25, -0.2) is 0 Å². The summed E-state index contributed by atoms with van der Waals surface area (Å²) in [5.41, 5.74) is 0.622. The Labute approximate surface area is 169 Å². The van der Waals surface area contributed by atoms with Gasteiger partial charge in [-0.1, -0.05) is 30.7 Å². The average Bonchev–Trinajstić information content (AvgIpc) is 3.36. The highest BCUT2D eigenvalue weighted by Crippen LogP contribution is 2.52. The van der Waals surface area contributed by atoms with E-state index in [1.807, 2.05) is 13.8 Å². The van der Waals surface area contributed by atoms with E-state index < -0.39 is 0 Å². The van der Waals surface area contributed by atoms with E-state index in [0.717, 1.165) is 17.9 Å². The van der Waals surface area contributed by atoms with Crippen LogP contribution in [0.25, 0.3) is 0 Å². The second-order valence-electron chi connectivity index (χ2n) is 7.60. The largest absolute Gasteiger partial charge is 0.493 e. The zero-order chi connectivity index (χ0) is 20.0. The van der Waals surface area contributed by atoms with Crippen molar-refractivity contribution in [3.8, 4) is 11.5 Å². The third kappa shape index (κ3) is 3.00. The predicted molar refractivity (Wildman–Crippen MR) is 106 cm³/mol. The molecule has 4 rings (SSSR count). The summed E-state index contributed by atoms with van der Waals surface area (Å²) in [4.78, 5) is 25.4. The molecule has 0 aromatic heterocycles. The summed E-state index contributed by atoms with van der Waals surface area (Å²) in [5.74, 6) is 0.342. The minimum atomic E-state index is -0.260. The number of methoxy groups -OCH3 is 1. The number of carbonyl (C=O) groups is 2. The van der Waals surface area contributed by atoms with Crippen LogP contribution >= 0.6 is 11.6 Å². The zero-order valence-electron chi connectivity index (χ0n) is 16.1. The maximum absolute atomic E-state index is 12.7. The Morgan fingerprint density at radius 3 is 2.46 bits per heavy atom. The number of nitrogens with zero attached hydrogens (tertiary/aromatic N) is 2. The van der Waals surface area contributed by atoms with Crippen LogP contribution in [-0.4, -0.2) is 36.3 Å². The van der Waals surface area contributed by atoms with Crippen LogP contribution < -0.4 is 9.47 Å². The Morgan fingerprint density at radius 1 is 1.25 bits per heavy atom. The second kappa shape index (κ2) is 7.24. The molecule has 0 spiro atoms. The van der Waals surface area contributed by atoms with Crippen LogP contribution in [-0.2, 0) is 9.59 Å². The van der Waals surface area contributed by atoms with Crippen molar-refractivity contribution in [1.29, 1.82) is 0 Å². The molecular formula is C21H23ClN2O4. The first-order valence-electron chi connectivity index (χ1n) is 9.58. The molecule has 5 unspecified atom stereocenters. The zero-order valence-corrected chi connectivity index (χ0v) is 16.8. The highest BCUT2D eigenvalue weighted by atomic mass is 35.5. The van der Waals surface area contributed by atoms with Crippen molar-refractivity contribution in [2.24, 2.45) is 28.8 Å². The van der Waals surface area contributed by atoms with Crippen LogP contribution in [0.5, 0.6) is 11.5 Å². The summed E-state index contributed by atoms with van der Waals surface area (Å²) < 4.78 is 11.2. The number of rotatable bonds is 6. The van der Waals surface area contributed by atoms with E-state index in [-0.39, 0.29) is 41.6 Å². The Balaban J connectivity index is 1.56. The lowest BCUT2D eigenvalue weighted by molar-refractivity contribution is -0.140. The molecule has 3 aliphatic rings. The fraction of sp³-hybridized carbons (Fsp3) is 0.476. The number of ether oxygens (including phenoxy) is 2. The fourth-order valence-electron chi connectivity index (χ4n) is 4.34. The van der Waals surface area contributed by atoms with Crippen LogP contribution in [0, 0.1) is 23.7 Å². The molecule has 2 bridgehead atoms. The summed E-state index contributed by atoms with van der Waals surface area (Å²) in [7, 11) is 1.54. The van der Waals surface area contributed by atoms with E-state index in [1.54, 1.807) is 12.1 Å². The van der Waals surface area contributed by atoms with Crippen LogP contribution in [0.15, 0.2) is 29.4 Å². The molecular weight excluding hydrogens is 380 g/mol. The van der Waals surface area contributed by atoms with E-state index in [9.17, 15) is 9.59 Å². The van der Waals surface area contributed by atoms with Gasteiger partial charge in [0.05, 0.1) is 36.3 Å². The predicted octanol–water partition coefficient (Wildman–Crippen LogP) is 3.67. The molecule has 5 atom stereocenters. The van der Waals surface area contributed by atoms with Crippen LogP contribution in [0.2, 0.25) is 5.02 Å². The number of amides is 2. The lowest BCUT2D eigenvalue weighted by atomic mass is 9.85. The maximum atomic E-state index is 12.7. The Morgan fingerprint density at radius 2 is 1.89 bits per heavy atom. The molecule has 2 amide bonds. The van der Waals surface area contributed by atoms with E-state index >= 15 is 0 Å². The van der Waals surface area contributed by atoms with Crippen molar-refractivity contribution in [1.82, 2.24) is 5.01 Å². The molecule has 1 saturated heterocycles. The molecule has 7 heteroatoms. The summed E-state index contributed by atoms with van der Waals surface area (Å²) in [6.45, 7) is 3.97. The average molecular weight is 403 g/mol. The van der Waals surface area contributed by atoms with E-state index in [0.29, 0.717) is 22.1 Å². The lowest BCUT2D eigenvalue weighted by Crippen LogP contribution is -2.28. The van der Waals surface area contributed by atoms with E-state index in [4.69, 9.17) is 21.1 Å². The molecule has 0 N–H and O–H groups in total. The minimum Gasteiger partial charge on any atom is -0.493 e. The molecule has 28 heavy (non-hydrogen) atoms. The van der Waals surface area contributed by atoms with Gasteiger partial charge in [-0.05, 0) is 49.3 Å². The van der Waals surface area contributed by atoms with Crippen molar-refractivity contribution in [2.45, 2.75) is 32.8 Å². The molecule has 2 aliphatic carbocycles. The Kier molecular flexibility index (Phi) is 4.91. The number of hydrazone groups is 1. The number of halogens is 1. The summed E-state index contributed by atoms with van der Waals surface area (Å²) in [6.07, 6.45) is 7.31. The molecule has 1 aliphatic heterocycles. The lowest BCUT2D eigenvalue weighted by Gasteiger charge is -2.17. The molecule has 1 heterocycles. The molecule has 0 radical (unpaired) electrons. The second-order valence-corrected chi connectivity index (χ2v) is 8.01. The van der Waals surface area contributed by atoms with Gasteiger partial charge in [0.2, 0.25) is 0 Å². The molecule has 1 saturated carbocycles. The number of hydrogen-bond acceptors (Lipinski definition) is 5. The first-order chi connectivity index (χ1) is 13.4. The van der Waals surface area contributed by atoms with Gasteiger partial charge in [0, 0.05) is 0 Å². The minimum absolute atomic E-state index is 0.00542. The SMILES string of the molecule is CCC(C)Oc1c(Cl)cc(C=NN2C(=O)C3C4C=CC(C4)C3C2=O)cc1OC. The summed E-state index contributed by atoms with van der Waals surface area (Å²) >= 11 is 6.37. The molecule has 2 fully saturated rings. The van der Waals surface area contributed by atoms with Gasteiger partial charge in [-0.15, -0.1) is 0 Å². The molecule has 1 aromatic carbocycles. The number of benzene rings is 1. The van der Waals surface area contributed by atoms with Crippen molar-refractivity contribution < 1.29 is 19.1 Å². The first-order valence-corrected chi connectivity index (χ1v) is 9.96. The Bertz CT molecular complexity index is 851. The van der Waals surface area contributed by atoms with Crippen molar-refractivity contribution >= 4 is 29.6 Å². The molecule has 6 nitrogen and oxygen atoms in total. The monoisotopic (exact) mass is 402 g/mol. The summed E-state index contributed by atoms with van der Waals surface area (Å²) in [5, 5.41) is 5.59. The maximum Gasteiger partial charge on any atom is 0.254 e. The van der Waals surface area contributed by atoms with Crippen LogP contribution in [0.1, 0.15) is 32.3 Å². The number of imide groups is 1. The number of fused-ring (bicyclic) bond motifs is 5. The van der Waals surface area contributed by atoms with Crippen molar-refractivity contribution in [3.63, 3.8) is 0 Å². The van der Waals surface area contributed by atoms with Gasteiger partial charge in [0.15, 0.2) is 11.5 Å².